The summed E-state index contributed by atoms with van der Waals surface area (Å²) in [5.74, 6) is -0.330. The van der Waals surface area contributed by atoms with Crippen LogP contribution in [-0.4, -0.2) is 35.1 Å². The molecule has 0 spiro atoms. The second kappa shape index (κ2) is 10.1. The molecule has 0 aromatic heterocycles. The van der Waals surface area contributed by atoms with E-state index in [1.165, 1.54) is 50.6 Å². The van der Waals surface area contributed by atoms with Gasteiger partial charge in [0.15, 0.2) is 11.5 Å². The third kappa shape index (κ3) is 5.36. The van der Waals surface area contributed by atoms with Crippen LogP contribution in [0.1, 0.15) is 5.56 Å². The SMILES string of the molecule is COc1ccc(S(=O)(=O)N(CC(=O)NCc2cccc(F)c2)c2ccccc2)cc1OC. The molecular weight excluding hydrogens is 435 g/mol. The van der Waals surface area contributed by atoms with E-state index in [2.05, 4.69) is 5.32 Å². The molecule has 1 amide bonds. The predicted molar refractivity (Wildman–Crippen MR) is 119 cm³/mol. The van der Waals surface area contributed by atoms with Crippen molar-refractivity contribution in [2.24, 2.45) is 0 Å². The van der Waals surface area contributed by atoms with Gasteiger partial charge in [0.1, 0.15) is 12.4 Å². The minimum atomic E-state index is -4.12. The third-order valence-corrected chi connectivity index (χ3v) is 6.42. The summed E-state index contributed by atoms with van der Waals surface area (Å²) < 4.78 is 51.7. The Bertz CT molecular complexity index is 1190. The Morgan fingerprint density at radius 2 is 1.66 bits per heavy atom. The minimum absolute atomic E-state index is 0.0584. The number of methoxy groups -OCH3 is 2. The zero-order valence-corrected chi connectivity index (χ0v) is 18.4. The second-order valence-corrected chi connectivity index (χ2v) is 8.63. The molecule has 1 N–H and O–H groups in total. The zero-order valence-electron chi connectivity index (χ0n) is 17.6. The number of sulfonamides is 1. The molecule has 9 heteroatoms. The Kier molecular flexibility index (Phi) is 7.32. The number of nitrogens with one attached hydrogen (secondary N) is 1. The maximum atomic E-state index is 13.5. The van der Waals surface area contributed by atoms with Crippen molar-refractivity contribution in [3.63, 3.8) is 0 Å². The van der Waals surface area contributed by atoms with E-state index in [9.17, 15) is 17.6 Å². The number of anilines is 1. The van der Waals surface area contributed by atoms with Gasteiger partial charge >= 0.3 is 0 Å². The summed E-state index contributed by atoms with van der Waals surface area (Å²) in [4.78, 5) is 12.6. The monoisotopic (exact) mass is 458 g/mol. The molecule has 0 heterocycles. The first-order chi connectivity index (χ1) is 15.3. The molecule has 0 fully saturated rings. The van der Waals surface area contributed by atoms with Gasteiger partial charge in [0.05, 0.1) is 24.8 Å². The number of nitrogens with zero attached hydrogens (tertiary/aromatic N) is 1. The van der Waals surface area contributed by atoms with Crippen LogP contribution in [0.2, 0.25) is 0 Å². The average molecular weight is 459 g/mol. The van der Waals surface area contributed by atoms with Crippen molar-refractivity contribution in [2.45, 2.75) is 11.4 Å². The highest BCUT2D eigenvalue weighted by Crippen LogP contribution is 2.32. The molecule has 0 saturated carbocycles. The molecule has 168 valence electrons. The molecule has 0 unspecified atom stereocenters. The highest BCUT2D eigenvalue weighted by Gasteiger charge is 2.28. The highest BCUT2D eigenvalue weighted by molar-refractivity contribution is 7.92. The number of hydrogen-bond acceptors (Lipinski definition) is 5. The van der Waals surface area contributed by atoms with E-state index in [0.717, 1.165) is 4.31 Å². The number of para-hydroxylation sites is 1. The lowest BCUT2D eigenvalue weighted by Gasteiger charge is -2.24. The van der Waals surface area contributed by atoms with Crippen LogP contribution in [0.3, 0.4) is 0 Å². The van der Waals surface area contributed by atoms with Crippen LogP contribution >= 0.6 is 0 Å². The topological polar surface area (TPSA) is 84.9 Å². The molecule has 3 aromatic carbocycles. The van der Waals surface area contributed by atoms with Gasteiger partial charge in [0.2, 0.25) is 5.91 Å². The van der Waals surface area contributed by atoms with Gasteiger partial charge in [-0.25, -0.2) is 12.8 Å². The maximum Gasteiger partial charge on any atom is 0.264 e. The molecule has 7 nitrogen and oxygen atoms in total. The minimum Gasteiger partial charge on any atom is -0.493 e. The molecule has 0 saturated heterocycles. The normalized spacial score (nSPS) is 11.0. The molecule has 3 rings (SSSR count). The first kappa shape index (κ1) is 23.1. The molecule has 0 bridgehead atoms. The predicted octanol–water partition coefficient (Wildman–Crippen LogP) is 3.35. The summed E-state index contributed by atoms with van der Waals surface area (Å²) in [6.45, 7) is -0.397. The molecule has 3 aromatic rings. The van der Waals surface area contributed by atoms with Crippen molar-refractivity contribution in [1.29, 1.82) is 0 Å². The van der Waals surface area contributed by atoms with Crippen LogP contribution in [0.15, 0.2) is 77.7 Å². The molecular formula is C23H23FN2O5S. The van der Waals surface area contributed by atoms with Gasteiger partial charge in [-0.2, -0.15) is 0 Å². The number of carbonyl (C=O) groups excluding carboxylic acids is 1. The Morgan fingerprint density at radius 1 is 0.938 bits per heavy atom. The lowest BCUT2D eigenvalue weighted by molar-refractivity contribution is -0.119. The van der Waals surface area contributed by atoms with Crippen LogP contribution in [0.25, 0.3) is 0 Å². The number of ether oxygens (including phenoxy) is 2. The molecule has 0 aliphatic rings. The first-order valence-electron chi connectivity index (χ1n) is 9.66. The standard InChI is InChI=1S/C23H23FN2O5S/c1-30-21-12-11-20(14-22(21)31-2)32(28,29)26(19-9-4-3-5-10-19)16-23(27)25-15-17-7-6-8-18(24)13-17/h3-14H,15-16H2,1-2H3,(H,25,27). The fourth-order valence-electron chi connectivity index (χ4n) is 3.05. The average Bonchev–Trinajstić information content (AvgIpc) is 2.81. The van der Waals surface area contributed by atoms with Crippen LogP contribution in [0.4, 0.5) is 10.1 Å². The van der Waals surface area contributed by atoms with Crippen molar-refractivity contribution < 1.29 is 27.1 Å². The van der Waals surface area contributed by atoms with Gasteiger partial charge in [-0.05, 0) is 42.0 Å². The van der Waals surface area contributed by atoms with Crippen LogP contribution < -0.4 is 19.1 Å². The molecule has 0 radical (unpaired) electrons. The quantitative estimate of drug-likeness (QED) is 0.532. The van der Waals surface area contributed by atoms with Crippen molar-refractivity contribution >= 4 is 21.6 Å². The van der Waals surface area contributed by atoms with Crippen molar-refractivity contribution in [3.05, 3.63) is 84.2 Å². The van der Waals surface area contributed by atoms with Crippen molar-refractivity contribution in [2.75, 3.05) is 25.1 Å². The number of amides is 1. The first-order valence-corrected chi connectivity index (χ1v) is 11.1. The highest BCUT2D eigenvalue weighted by atomic mass is 32.2. The Hall–Kier alpha value is -3.59. The Morgan fingerprint density at radius 3 is 2.31 bits per heavy atom. The second-order valence-electron chi connectivity index (χ2n) is 6.77. The lowest BCUT2D eigenvalue weighted by atomic mass is 10.2. The van der Waals surface area contributed by atoms with E-state index in [0.29, 0.717) is 17.0 Å². The number of benzene rings is 3. The fourth-order valence-corrected chi connectivity index (χ4v) is 4.48. The molecule has 0 atom stereocenters. The summed E-state index contributed by atoms with van der Waals surface area (Å²) in [6, 6.07) is 18.3. The number of halogens is 1. The zero-order chi connectivity index (χ0) is 23.1. The summed E-state index contributed by atoms with van der Waals surface area (Å²) in [5.41, 5.74) is 0.885. The molecule has 32 heavy (non-hydrogen) atoms. The van der Waals surface area contributed by atoms with Crippen LogP contribution in [-0.2, 0) is 21.4 Å². The smallest absolute Gasteiger partial charge is 0.264 e. The van der Waals surface area contributed by atoms with E-state index in [1.54, 1.807) is 36.4 Å². The van der Waals surface area contributed by atoms with Gasteiger partial charge in [-0.1, -0.05) is 30.3 Å². The Labute approximate surface area is 186 Å². The van der Waals surface area contributed by atoms with E-state index in [-0.39, 0.29) is 17.2 Å². The number of carbonyl (C=O) groups is 1. The van der Waals surface area contributed by atoms with Gasteiger partial charge in [0.25, 0.3) is 10.0 Å². The summed E-state index contributed by atoms with van der Waals surface area (Å²) in [6.07, 6.45) is 0. The lowest BCUT2D eigenvalue weighted by Crippen LogP contribution is -2.40. The fraction of sp³-hybridized carbons (Fsp3) is 0.174. The molecule has 0 aliphatic carbocycles. The summed E-state index contributed by atoms with van der Waals surface area (Å²) >= 11 is 0. The van der Waals surface area contributed by atoms with Gasteiger partial charge in [0, 0.05) is 12.6 Å². The Balaban J connectivity index is 1.88. The van der Waals surface area contributed by atoms with E-state index in [1.807, 2.05) is 0 Å². The van der Waals surface area contributed by atoms with E-state index >= 15 is 0 Å². The third-order valence-electron chi connectivity index (χ3n) is 4.65. The molecule has 0 aliphatic heterocycles. The number of rotatable bonds is 9. The number of hydrogen-bond donors (Lipinski definition) is 1. The van der Waals surface area contributed by atoms with Crippen molar-refractivity contribution in [3.8, 4) is 11.5 Å². The van der Waals surface area contributed by atoms with Crippen LogP contribution in [0.5, 0.6) is 11.5 Å². The van der Waals surface area contributed by atoms with Gasteiger partial charge < -0.3 is 14.8 Å². The van der Waals surface area contributed by atoms with Crippen molar-refractivity contribution in [1.82, 2.24) is 5.32 Å². The van der Waals surface area contributed by atoms with Crippen LogP contribution in [0, 0.1) is 5.82 Å². The largest absolute Gasteiger partial charge is 0.493 e. The van der Waals surface area contributed by atoms with Gasteiger partial charge in [-0.3, -0.25) is 9.10 Å². The van der Waals surface area contributed by atoms with E-state index < -0.39 is 28.3 Å². The maximum absolute atomic E-state index is 13.5. The van der Waals surface area contributed by atoms with Gasteiger partial charge in [-0.15, -0.1) is 0 Å². The van der Waals surface area contributed by atoms with E-state index in [4.69, 9.17) is 9.47 Å². The summed E-state index contributed by atoms with van der Waals surface area (Å²) in [7, 11) is -1.26. The summed E-state index contributed by atoms with van der Waals surface area (Å²) in [5, 5.41) is 2.63.